The highest BCUT2D eigenvalue weighted by molar-refractivity contribution is 5.75. The molecule has 0 bridgehead atoms. The zero-order valence-electron chi connectivity index (χ0n) is 11.6. The standard InChI is InChI=1S/C14H27N3O/c1-2-14(18)16-13-5-9-17(10-6-13)11-12-3-7-15-8-4-12/h12-13,15H,2-11H2,1H3,(H,16,18). The summed E-state index contributed by atoms with van der Waals surface area (Å²) in [6.45, 7) is 7.86. The number of rotatable bonds is 4. The van der Waals surface area contributed by atoms with Crippen LogP contribution in [-0.2, 0) is 4.79 Å². The fourth-order valence-electron chi connectivity index (χ4n) is 3.02. The number of nitrogens with zero attached hydrogens (tertiary/aromatic N) is 1. The van der Waals surface area contributed by atoms with Crippen LogP contribution in [0.3, 0.4) is 0 Å². The van der Waals surface area contributed by atoms with Gasteiger partial charge in [-0.15, -0.1) is 0 Å². The van der Waals surface area contributed by atoms with E-state index in [0.717, 1.165) is 31.8 Å². The maximum absolute atomic E-state index is 11.3. The van der Waals surface area contributed by atoms with Gasteiger partial charge in [0.2, 0.25) is 5.91 Å². The highest BCUT2D eigenvalue weighted by atomic mass is 16.1. The second-order valence-electron chi connectivity index (χ2n) is 5.69. The zero-order chi connectivity index (χ0) is 12.8. The summed E-state index contributed by atoms with van der Waals surface area (Å²) in [4.78, 5) is 13.9. The highest BCUT2D eigenvalue weighted by Crippen LogP contribution is 2.17. The maximum atomic E-state index is 11.3. The molecular weight excluding hydrogens is 226 g/mol. The van der Waals surface area contributed by atoms with Crippen LogP contribution < -0.4 is 10.6 Å². The number of carbonyl (C=O) groups is 1. The molecule has 1 amide bonds. The molecule has 0 saturated carbocycles. The molecule has 0 aromatic heterocycles. The van der Waals surface area contributed by atoms with E-state index in [-0.39, 0.29) is 5.91 Å². The third kappa shape index (κ3) is 4.25. The molecule has 2 heterocycles. The Balaban J connectivity index is 1.65. The van der Waals surface area contributed by atoms with Crippen molar-refractivity contribution < 1.29 is 4.79 Å². The Labute approximate surface area is 110 Å². The van der Waals surface area contributed by atoms with Crippen LogP contribution in [-0.4, -0.2) is 49.6 Å². The molecule has 2 rings (SSSR count). The van der Waals surface area contributed by atoms with Crippen molar-refractivity contribution in [2.24, 2.45) is 5.92 Å². The van der Waals surface area contributed by atoms with E-state index in [1.165, 1.54) is 32.5 Å². The first-order chi connectivity index (χ1) is 8.78. The van der Waals surface area contributed by atoms with E-state index in [0.29, 0.717) is 12.5 Å². The summed E-state index contributed by atoms with van der Waals surface area (Å²) in [5, 5.41) is 6.54. The number of likely N-dealkylation sites (tertiary alicyclic amines) is 1. The minimum Gasteiger partial charge on any atom is -0.353 e. The second-order valence-corrected chi connectivity index (χ2v) is 5.69. The van der Waals surface area contributed by atoms with Gasteiger partial charge in [-0.05, 0) is 44.7 Å². The van der Waals surface area contributed by atoms with Crippen LogP contribution in [0, 0.1) is 5.92 Å². The quantitative estimate of drug-likeness (QED) is 0.785. The fourth-order valence-corrected chi connectivity index (χ4v) is 3.02. The molecule has 2 saturated heterocycles. The number of piperidine rings is 2. The summed E-state index contributed by atoms with van der Waals surface area (Å²) >= 11 is 0. The predicted octanol–water partition coefficient (Wildman–Crippen LogP) is 0.977. The Kier molecular flexibility index (Phi) is 5.45. The summed E-state index contributed by atoms with van der Waals surface area (Å²) in [5.41, 5.74) is 0. The molecule has 2 aliphatic heterocycles. The minimum atomic E-state index is 0.201. The lowest BCUT2D eigenvalue weighted by Gasteiger charge is -2.35. The summed E-state index contributed by atoms with van der Waals surface area (Å²) in [6, 6.07) is 0.418. The van der Waals surface area contributed by atoms with Crippen molar-refractivity contribution >= 4 is 5.91 Å². The van der Waals surface area contributed by atoms with E-state index in [1.54, 1.807) is 0 Å². The molecular formula is C14H27N3O. The summed E-state index contributed by atoms with van der Waals surface area (Å²) in [5.74, 6) is 1.08. The van der Waals surface area contributed by atoms with E-state index in [4.69, 9.17) is 0 Å². The molecule has 2 N–H and O–H groups in total. The van der Waals surface area contributed by atoms with E-state index in [9.17, 15) is 4.79 Å². The third-order valence-electron chi connectivity index (χ3n) is 4.25. The topological polar surface area (TPSA) is 44.4 Å². The molecule has 2 fully saturated rings. The zero-order valence-corrected chi connectivity index (χ0v) is 11.6. The SMILES string of the molecule is CCC(=O)NC1CCN(CC2CCNCC2)CC1. The molecule has 4 nitrogen and oxygen atoms in total. The van der Waals surface area contributed by atoms with Gasteiger partial charge < -0.3 is 15.5 Å². The van der Waals surface area contributed by atoms with Gasteiger partial charge in [0.25, 0.3) is 0 Å². The van der Waals surface area contributed by atoms with E-state index in [1.807, 2.05) is 6.92 Å². The van der Waals surface area contributed by atoms with Gasteiger partial charge in [-0.25, -0.2) is 0 Å². The molecule has 18 heavy (non-hydrogen) atoms. The lowest BCUT2D eigenvalue weighted by molar-refractivity contribution is -0.121. The Morgan fingerprint density at radius 3 is 2.50 bits per heavy atom. The fraction of sp³-hybridized carbons (Fsp3) is 0.929. The molecule has 0 unspecified atom stereocenters. The van der Waals surface area contributed by atoms with Gasteiger partial charge in [-0.2, -0.15) is 0 Å². The minimum absolute atomic E-state index is 0.201. The Hall–Kier alpha value is -0.610. The number of nitrogens with one attached hydrogen (secondary N) is 2. The number of carbonyl (C=O) groups excluding carboxylic acids is 1. The van der Waals surface area contributed by atoms with Crippen LogP contribution in [0.15, 0.2) is 0 Å². The van der Waals surface area contributed by atoms with Crippen molar-refractivity contribution in [1.29, 1.82) is 0 Å². The van der Waals surface area contributed by atoms with Crippen molar-refractivity contribution in [3.63, 3.8) is 0 Å². The van der Waals surface area contributed by atoms with Gasteiger partial charge >= 0.3 is 0 Å². The molecule has 0 aromatic carbocycles. The molecule has 0 aromatic rings. The van der Waals surface area contributed by atoms with Crippen LogP contribution in [0.25, 0.3) is 0 Å². The lowest BCUT2D eigenvalue weighted by atomic mass is 9.96. The van der Waals surface area contributed by atoms with Crippen LogP contribution in [0.2, 0.25) is 0 Å². The van der Waals surface area contributed by atoms with Crippen molar-refractivity contribution in [1.82, 2.24) is 15.5 Å². The van der Waals surface area contributed by atoms with Crippen molar-refractivity contribution in [2.45, 2.75) is 45.1 Å². The average molecular weight is 253 g/mol. The second kappa shape index (κ2) is 7.10. The first-order valence-electron chi connectivity index (χ1n) is 7.50. The lowest BCUT2D eigenvalue weighted by Crippen LogP contribution is -2.46. The largest absolute Gasteiger partial charge is 0.353 e. The molecule has 2 aliphatic rings. The first-order valence-corrected chi connectivity index (χ1v) is 7.50. The normalized spacial score (nSPS) is 24.1. The summed E-state index contributed by atoms with van der Waals surface area (Å²) in [6.07, 6.45) is 5.50. The van der Waals surface area contributed by atoms with Gasteiger partial charge in [0.1, 0.15) is 0 Å². The van der Waals surface area contributed by atoms with Gasteiger partial charge in [-0.1, -0.05) is 6.92 Å². The van der Waals surface area contributed by atoms with Crippen molar-refractivity contribution in [2.75, 3.05) is 32.7 Å². The van der Waals surface area contributed by atoms with Crippen LogP contribution >= 0.6 is 0 Å². The van der Waals surface area contributed by atoms with Crippen molar-refractivity contribution in [3.8, 4) is 0 Å². The van der Waals surface area contributed by atoms with Gasteiger partial charge in [0, 0.05) is 32.1 Å². The number of amides is 1. The molecule has 4 heteroatoms. The van der Waals surface area contributed by atoms with Crippen LogP contribution in [0.5, 0.6) is 0 Å². The first kappa shape index (κ1) is 13.8. The molecule has 0 spiro atoms. The molecule has 0 aliphatic carbocycles. The monoisotopic (exact) mass is 253 g/mol. The van der Waals surface area contributed by atoms with E-state index >= 15 is 0 Å². The third-order valence-corrected chi connectivity index (χ3v) is 4.25. The smallest absolute Gasteiger partial charge is 0.219 e. The van der Waals surface area contributed by atoms with Gasteiger partial charge in [-0.3, -0.25) is 4.79 Å². The van der Waals surface area contributed by atoms with Gasteiger partial charge in [0.05, 0.1) is 0 Å². The molecule has 0 atom stereocenters. The van der Waals surface area contributed by atoms with E-state index < -0.39 is 0 Å². The number of hydrogen-bond donors (Lipinski definition) is 2. The summed E-state index contributed by atoms with van der Waals surface area (Å²) < 4.78 is 0. The maximum Gasteiger partial charge on any atom is 0.219 e. The predicted molar refractivity (Wildman–Crippen MR) is 73.5 cm³/mol. The van der Waals surface area contributed by atoms with Crippen LogP contribution in [0.4, 0.5) is 0 Å². The Morgan fingerprint density at radius 2 is 1.89 bits per heavy atom. The Morgan fingerprint density at radius 1 is 1.22 bits per heavy atom. The highest BCUT2D eigenvalue weighted by Gasteiger charge is 2.23. The van der Waals surface area contributed by atoms with Gasteiger partial charge in [0.15, 0.2) is 0 Å². The average Bonchev–Trinajstić information content (AvgIpc) is 2.42. The Bertz CT molecular complexity index is 256. The van der Waals surface area contributed by atoms with E-state index in [2.05, 4.69) is 15.5 Å². The van der Waals surface area contributed by atoms with Crippen molar-refractivity contribution in [3.05, 3.63) is 0 Å². The molecule has 0 radical (unpaired) electrons. The summed E-state index contributed by atoms with van der Waals surface area (Å²) in [7, 11) is 0. The molecule has 104 valence electrons. The van der Waals surface area contributed by atoms with Crippen LogP contribution in [0.1, 0.15) is 39.0 Å². The number of hydrogen-bond acceptors (Lipinski definition) is 3.